The van der Waals surface area contributed by atoms with Gasteiger partial charge in [0.15, 0.2) is 0 Å². The van der Waals surface area contributed by atoms with Crippen LogP contribution >= 0.6 is 27.7 Å². The lowest BCUT2D eigenvalue weighted by molar-refractivity contribution is -0.0196. The van der Waals surface area contributed by atoms with Crippen LogP contribution in [0.1, 0.15) is 0 Å². The van der Waals surface area contributed by atoms with Crippen LogP contribution in [0, 0.1) is 5.92 Å². The second-order valence-corrected chi connectivity index (χ2v) is 5.06. The summed E-state index contributed by atoms with van der Waals surface area (Å²) in [5, 5.41) is 0. The fourth-order valence-corrected chi connectivity index (χ4v) is 2.77. The van der Waals surface area contributed by atoms with Crippen LogP contribution in [-0.4, -0.2) is 19.0 Å². The maximum absolute atomic E-state index is 5.13. The van der Waals surface area contributed by atoms with Gasteiger partial charge in [0.1, 0.15) is 0 Å². The molecular weight excluding hydrogens is 248 g/mol. The monoisotopic (exact) mass is 258 g/mol. The van der Waals surface area contributed by atoms with Crippen LogP contribution in [-0.2, 0) is 4.74 Å². The number of hydrogen-bond acceptors (Lipinski definition) is 2. The van der Waals surface area contributed by atoms with Crippen molar-refractivity contribution in [3.63, 3.8) is 0 Å². The predicted molar refractivity (Wildman–Crippen MR) is 59.2 cm³/mol. The van der Waals surface area contributed by atoms with E-state index in [1.165, 1.54) is 15.1 Å². The van der Waals surface area contributed by atoms with E-state index in [0.29, 0.717) is 0 Å². The van der Waals surface area contributed by atoms with E-state index in [4.69, 9.17) is 4.74 Å². The number of benzene rings is 1. The molecule has 1 heterocycles. The maximum Gasteiger partial charge on any atom is 0.0524 e. The number of ether oxygens (including phenoxy) is 1. The summed E-state index contributed by atoms with van der Waals surface area (Å²) in [6.07, 6.45) is 0. The highest BCUT2D eigenvalue weighted by molar-refractivity contribution is 9.10. The molecule has 1 aromatic rings. The summed E-state index contributed by atoms with van der Waals surface area (Å²) >= 11 is 5.44. The van der Waals surface area contributed by atoms with E-state index in [1.54, 1.807) is 0 Å². The van der Waals surface area contributed by atoms with Gasteiger partial charge in [-0.3, -0.25) is 0 Å². The lowest BCUT2D eigenvalue weighted by Crippen LogP contribution is -2.29. The molecule has 0 radical (unpaired) electrons. The van der Waals surface area contributed by atoms with E-state index >= 15 is 0 Å². The zero-order valence-corrected chi connectivity index (χ0v) is 9.61. The first kappa shape index (κ1) is 9.56. The molecule has 1 aliphatic heterocycles. The summed E-state index contributed by atoms with van der Waals surface area (Å²) in [4.78, 5) is 1.33. The summed E-state index contributed by atoms with van der Waals surface area (Å²) in [7, 11) is 0. The fraction of sp³-hybridized carbons (Fsp3) is 0.400. The molecular formula is C10H11BrOS. The summed E-state index contributed by atoms with van der Waals surface area (Å²) in [5.41, 5.74) is 0. The molecule has 1 aromatic carbocycles. The Bertz CT molecular complexity index is 286. The van der Waals surface area contributed by atoms with Gasteiger partial charge in [-0.1, -0.05) is 12.1 Å². The minimum Gasteiger partial charge on any atom is -0.381 e. The Morgan fingerprint density at radius 1 is 1.38 bits per heavy atom. The second-order valence-electron chi connectivity index (χ2n) is 3.14. The maximum atomic E-state index is 5.13. The molecule has 13 heavy (non-hydrogen) atoms. The van der Waals surface area contributed by atoms with Crippen LogP contribution < -0.4 is 0 Å². The van der Waals surface area contributed by atoms with Gasteiger partial charge in [-0.05, 0) is 28.1 Å². The second kappa shape index (κ2) is 4.49. The standard InChI is InChI=1S/C10H11BrOS/c11-9-3-1-2-4-10(9)13-7-8-5-12-6-8/h1-4,8H,5-7H2. The van der Waals surface area contributed by atoms with Crippen molar-refractivity contribution in [2.45, 2.75) is 4.90 Å². The van der Waals surface area contributed by atoms with Crippen LogP contribution in [0.3, 0.4) is 0 Å². The third kappa shape index (κ3) is 2.48. The third-order valence-corrected chi connectivity index (χ3v) is 4.28. The van der Waals surface area contributed by atoms with Gasteiger partial charge in [0.2, 0.25) is 0 Å². The van der Waals surface area contributed by atoms with Crippen molar-refractivity contribution in [2.24, 2.45) is 5.92 Å². The van der Waals surface area contributed by atoms with Crippen LogP contribution in [0.15, 0.2) is 33.6 Å². The molecule has 0 N–H and O–H groups in total. The van der Waals surface area contributed by atoms with E-state index < -0.39 is 0 Å². The topological polar surface area (TPSA) is 9.23 Å². The van der Waals surface area contributed by atoms with Crippen LogP contribution in [0.4, 0.5) is 0 Å². The van der Waals surface area contributed by atoms with E-state index in [0.717, 1.165) is 19.1 Å². The van der Waals surface area contributed by atoms with E-state index in [9.17, 15) is 0 Å². The minimum absolute atomic E-state index is 0.761. The Balaban J connectivity index is 1.89. The van der Waals surface area contributed by atoms with Gasteiger partial charge in [0.25, 0.3) is 0 Å². The quantitative estimate of drug-likeness (QED) is 0.771. The number of halogens is 1. The first-order chi connectivity index (χ1) is 6.36. The van der Waals surface area contributed by atoms with Crippen molar-refractivity contribution in [3.05, 3.63) is 28.7 Å². The van der Waals surface area contributed by atoms with Crippen LogP contribution in [0.25, 0.3) is 0 Å². The largest absolute Gasteiger partial charge is 0.381 e. The summed E-state index contributed by atoms with van der Waals surface area (Å²) < 4.78 is 6.32. The van der Waals surface area contributed by atoms with Gasteiger partial charge in [0, 0.05) is 21.0 Å². The van der Waals surface area contributed by atoms with Gasteiger partial charge in [0.05, 0.1) is 13.2 Å². The molecule has 0 bridgehead atoms. The lowest BCUT2D eigenvalue weighted by atomic mass is 10.1. The number of hydrogen-bond donors (Lipinski definition) is 0. The normalized spacial score (nSPS) is 17.0. The first-order valence-corrected chi connectivity index (χ1v) is 6.09. The third-order valence-electron chi connectivity index (χ3n) is 2.02. The lowest BCUT2D eigenvalue weighted by Gasteiger charge is -2.25. The number of rotatable bonds is 3. The average Bonchev–Trinajstić information content (AvgIpc) is 2.05. The molecule has 1 fully saturated rings. The Hall–Kier alpha value is 0.01000. The van der Waals surface area contributed by atoms with Crippen molar-refractivity contribution in [1.29, 1.82) is 0 Å². The molecule has 3 heteroatoms. The van der Waals surface area contributed by atoms with E-state index in [2.05, 4.69) is 34.1 Å². The Labute approximate surface area is 91.0 Å². The highest BCUT2D eigenvalue weighted by Gasteiger charge is 2.18. The van der Waals surface area contributed by atoms with Crippen molar-refractivity contribution < 1.29 is 4.74 Å². The highest BCUT2D eigenvalue weighted by Crippen LogP contribution is 2.29. The molecule has 0 amide bonds. The SMILES string of the molecule is Brc1ccccc1SCC1COC1. The molecule has 1 aliphatic rings. The summed E-state index contributed by atoms with van der Waals surface area (Å²) in [6.45, 7) is 1.88. The van der Waals surface area contributed by atoms with Crippen LogP contribution in [0.5, 0.6) is 0 Å². The Morgan fingerprint density at radius 2 is 2.15 bits per heavy atom. The zero-order chi connectivity index (χ0) is 9.10. The Morgan fingerprint density at radius 3 is 2.77 bits per heavy atom. The highest BCUT2D eigenvalue weighted by atomic mass is 79.9. The summed E-state index contributed by atoms with van der Waals surface area (Å²) in [6, 6.07) is 8.35. The van der Waals surface area contributed by atoms with Gasteiger partial charge >= 0.3 is 0 Å². The fourth-order valence-electron chi connectivity index (χ4n) is 1.15. The number of thioether (sulfide) groups is 1. The Kier molecular flexibility index (Phi) is 3.30. The van der Waals surface area contributed by atoms with Crippen molar-refractivity contribution in [3.8, 4) is 0 Å². The smallest absolute Gasteiger partial charge is 0.0524 e. The van der Waals surface area contributed by atoms with Gasteiger partial charge < -0.3 is 4.74 Å². The summed E-state index contributed by atoms with van der Waals surface area (Å²) in [5.74, 6) is 1.93. The molecule has 70 valence electrons. The first-order valence-electron chi connectivity index (χ1n) is 4.31. The van der Waals surface area contributed by atoms with Crippen molar-refractivity contribution in [1.82, 2.24) is 0 Å². The van der Waals surface area contributed by atoms with E-state index in [1.807, 2.05) is 17.8 Å². The van der Waals surface area contributed by atoms with Gasteiger partial charge in [-0.15, -0.1) is 11.8 Å². The van der Waals surface area contributed by atoms with Gasteiger partial charge in [-0.2, -0.15) is 0 Å². The van der Waals surface area contributed by atoms with Crippen LogP contribution in [0.2, 0.25) is 0 Å². The zero-order valence-electron chi connectivity index (χ0n) is 7.20. The molecule has 0 saturated carbocycles. The molecule has 1 nitrogen and oxygen atoms in total. The molecule has 0 spiro atoms. The van der Waals surface area contributed by atoms with Gasteiger partial charge in [-0.25, -0.2) is 0 Å². The van der Waals surface area contributed by atoms with Crippen molar-refractivity contribution in [2.75, 3.05) is 19.0 Å². The molecule has 0 atom stereocenters. The molecule has 0 aromatic heterocycles. The minimum atomic E-state index is 0.761. The van der Waals surface area contributed by atoms with E-state index in [-0.39, 0.29) is 0 Å². The molecule has 0 unspecified atom stereocenters. The molecule has 0 aliphatic carbocycles. The van der Waals surface area contributed by atoms with Crippen molar-refractivity contribution >= 4 is 27.7 Å². The predicted octanol–water partition coefficient (Wildman–Crippen LogP) is 3.19. The average molecular weight is 259 g/mol. The molecule has 1 saturated heterocycles. The molecule has 2 rings (SSSR count).